The summed E-state index contributed by atoms with van der Waals surface area (Å²) in [7, 11) is 0. The topological polar surface area (TPSA) is 63.2 Å². The number of para-hydroxylation sites is 1. The predicted molar refractivity (Wildman–Crippen MR) is 76.2 cm³/mol. The van der Waals surface area contributed by atoms with E-state index in [1.54, 1.807) is 19.1 Å². The van der Waals surface area contributed by atoms with Gasteiger partial charge in [-0.1, -0.05) is 36.0 Å². The molecule has 0 saturated carbocycles. The van der Waals surface area contributed by atoms with Gasteiger partial charge in [0.05, 0.1) is 11.3 Å². The number of amides is 1. The van der Waals surface area contributed by atoms with E-state index >= 15 is 0 Å². The van der Waals surface area contributed by atoms with Gasteiger partial charge >= 0.3 is 0 Å². The van der Waals surface area contributed by atoms with E-state index in [1.165, 1.54) is 11.8 Å². The third-order valence-corrected chi connectivity index (χ3v) is 3.52. The Morgan fingerprint density at radius 2 is 2.16 bits per heavy atom. The van der Waals surface area contributed by atoms with Crippen LogP contribution in [0.1, 0.15) is 29.3 Å². The number of hydrogen-bond donors (Lipinski definition) is 1. The maximum atomic E-state index is 11.5. The molecule has 0 bridgehead atoms. The molecule has 1 heterocycles. The number of anilines is 1. The maximum Gasteiger partial charge on any atom is 0.296 e. The Labute approximate surface area is 115 Å². The quantitative estimate of drug-likeness (QED) is 0.677. The van der Waals surface area contributed by atoms with Gasteiger partial charge in [-0.2, -0.15) is 0 Å². The van der Waals surface area contributed by atoms with Crippen molar-refractivity contribution in [3.8, 4) is 0 Å². The van der Waals surface area contributed by atoms with Crippen LogP contribution < -0.4 is 5.32 Å². The van der Waals surface area contributed by atoms with Crippen molar-refractivity contribution in [3.05, 3.63) is 35.4 Å². The largest absolute Gasteiger partial charge is 0.318 e. The van der Waals surface area contributed by atoms with Crippen molar-refractivity contribution < 1.29 is 14.4 Å². The molecular formula is C14H13NO3S. The Hall–Kier alpha value is -1.88. The van der Waals surface area contributed by atoms with E-state index in [-0.39, 0.29) is 5.12 Å². The summed E-state index contributed by atoms with van der Waals surface area (Å²) in [6, 6.07) is 5.23. The number of fused-ring (bicyclic) bond motifs is 1. The van der Waals surface area contributed by atoms with E-state index in [0.29, 0.717) is 11.3 Å². The molecule has 1 aliphatic rings. The van der Waals surface area contributed by atoms with E-state index in [2.05, 4.69) is 5.32 Å². The molecule has 0 saturated heterocycles. The number of hydrogen-bond acceptors (Lipinski definition) is 4. The summed E-state index contributed by atoms with van der Waals surface area (Å²) in [6.07, 6.45) is 4.55. The summed E-state index contributed by atoms with van der Waals surface area (Å²) in [5.74, 6) is -0.341. The molecule has 0 unspecified atom stereocenters. The number of allylic oxidation sites excluding steroid dienone is 1. The monoisotopic (exact) mass is 275 g/mol. The molecule has 1 aliphatic heterocycles. The zero-order valence-corrected chi connectivity index (χ0v) is 11.3. The van der Waals surface area contributed by atoms with Gasteiger partial charge in [0.25, 0.3) is 11.7 Å². The van der Waals surface area contributed by atoms with Crippen LogP contribution in [0.2, 0.25) is 0 Å². The molecule has 19 heavy (non-hydrogen) atoms. The van der Waals surface area contributed by atoms with Crippen LogP contribution in [0.25, 0.3) is 6.08 Å². The number of benzene rings is 1. The summed E-state index contributed by atoms with van der Waals surface area (Å²) >= 11 is 1.28. The van der Waals surface area contributed by atoms with E-state index in [1.807, 2.05) is 18.2 Å². The summed E-state index contributed by atoms with van der Waals surface area (Å²) in [5, 5.41) is 2.68. The molecule has 1 aromatic rings. The first-order valence-corrected chi connectivity index (χ1v) is 6.87. The van der Waals surface area contributed by atoms with Gasteiger partial charge in [-0.15, -0.1) is 0 Å². The SMILES string of the molecule is CC(=O)SCCC=Cc1cccc2c1NC(=O)C2=O. The van der Waals surface area contributed by atoms with Crippen LogP contribution in [0, 0.1) is 0 Å². The Morgan fingerprint density at radius 3 is 2.89 bits per heavy atom. The molecule has 0 aromatic heterocycles. The normalized spacial score (nSPS) is 13.7. The molecule has 0 spiro atoms. The average Bonchev–Trinajstić information content (AvgIpc) is 2.66. The average molecular weight is 275 g/mol. The van der Waals surface area contributed by atoms with E-state index in [9.17, 15) is 14.4 Å². The molecular weight excluding hydrogens is 262 g/mol. The minimum Gasteiger partial charge on any atom is -0.318 e. The first-order valence-electron chi connectivity index (χ1n) is 5.88. The minimum atomic E-state index is -0.581. The van der Waals surface area contributed by atoms with Gasteiger partial charge in [-0.05, 0) is 18.1 Å². The highest BCUT2D eigenvalue weighted by atomic mass is 32.2. The molecule has 5 heteroatoms. The third kappa shape index (κ3) is 3.12. The molecule has 0 atom stereocenters. The molecule has 98 valence electrons. The zero-order chi connectivity index (χ0) is 13.8. The zero-order valence-electron chi connectivity index (χ0n) is 10.4. The fraction of sp³-hybridized carbons (Fsp3) is 0.214. The third-order valence-electron chi connectivity index (χ3n) is 2.67. The van der Waals surface area contributed by atoms with Crippen LogP contribution in [0.15, 0.2) is 24.3 Å². The molecule has 1 aromatic carbocycles. The first kappa shape index (κ1) is 13.5. The lowest BCUT2D eigenvalue weighted by Gasteiger charge is -2.02. The second-order valence-corrected chi connectivity index (χ2v) is 5.36. The van der Waals surface area contributed by atoms with Gasteiger partial charge in [-0.25, -0.2) is 0 Å². The van der Waals surface area contributed by atoms with Crippen molar-refractivity contribution in [1.29, 1.82) is 0 Å². The highest BCUT2D eigenvalue weighted by Crippen LogP contribution is 2.28. The molecule has 1 N–H and O–H groups in total. The number of ketones is 1. The number of thioether (sulfide) groups is 1. The summed E-state index contributed by atoms with van der Waals surface area (Å²) in [5.41, 5.74) is 1.81. The molecule has 2 rings (SSSR count). The predicted octanol–water partition coefficient (Wildman–Crippen LogP) is 2.50. The van der Waals surface area contributed by atoms with Crippen LogP contribution >= 0.6 is 11.8 Å². The smallest absolute Gasteiger partial charge is 0.296 e. The minimum absolute atomic E-state index is 0.104. The van der Waals surface area contributed by atoms with Gasteiger partial charge in [0.2, 0.25) is 0 Å². The van der Waals surface area contributed by atoms with Gasteiger partial charge in [0.15, 0.2) is 5.12 Å². The fourth-order valence-corrected chi connectivity index (χ4v) is 2.35. The summed E-state index contributed by atoms with van der Waals surface area (Å²) < 4.78 is 0. The van der Waals surface area contributed by atoms with E-state index < -0.39 is 11.7 Å². The molecule has 0 radical (unpaired) electrons. The van der Waals surface area contributed by atoms with Gasteiger partial charge < -0.3 is 5.32 Å². The van der Waals surface area contributed by atoms with E-state index in [0.717, 1.165) is 17.7 Å². The number of rotatable bonds is 4. The molecule has 0 fully saturated rings. The van der Waals surface area contributed by atoms with Crippen molar-refractivity contribution in [1.82, 2.24) is 0 Å². The Balaban J connectivity index is 2.07. The van der Waals surface area contributed by atoms with Crippen molar-refractivity contribution in [2.24, 2.45) is 0 Å². The molecule has 1 amide bonds. The van der Waals surface area contributed by atoms with Crippen LogP contribution in [0.4, 0.5) is 5.69 Å². The van der Waals surface area contributed by atoms with Gasteiger partial charge in [-0.3, -0.25) is 14.4 Å². The van der Waals surface area contributed by atoms with Crippen molar-refractivity contribution in [2.75, 3.05) is 11.1 Å². The lowest BCUT2D eigenvalue weighted by molar-refractivity contribution is -0.112. The standard InChI is InChI=1S/C14H13NO3S/c1-9(16)19-8-3-2-5-10-6-4-7-11-12(10)15-14(18)13(11)17/h2,4-7H,3,8H2,1H3,(H,15,17,18). The van der Waals surface area contributed by atoms with Crippen LogP contribution in [-0.2, 0) is 9.59 Å². The Bertz CT molecular complexity index is 578. The maximum absolute atomic E-state index is 11.5. The second-order valence-electron chi connectivity index (χ2n) is 4.08. The highest BCUT2D eigenvalue weighted by molar-refractivity contribution is 8.13. The van der Waals surface area contributed by atoms with Crippen LogP contribution in [-0.4, -0.2) is 22.6 Å². The highest BCUT2D eigenvalue weighted by Gasteiger charge is 2.28. The van der Waals surface area contributed by atoms with Gasteiger partial charge in [0, 0.05) is 12.7 Å². The Kier molecular flexibility index (Phi) is 4.16. The summed E-state index contributed by atoms with van der Waals surface area (Å²) in [4.78, 5) is 33.6. The lowest BCUT2D eigenvalue weighted by atomic mass is 10.1. The number of carbonyl (C=O) groups is 3. The molecule has 4 nitrogen and oxygen atoms in total. The van der Waals surface area contributed by atoms with Crippen LogP contribution in [0.3, 0.4) is 0 Å². The van der Waals surface area contributed by atoms with Crippen molar-refractivity contribution in [3.63, 3.8) is 0 Å². The van der Waals surface area contributed by atoms with Crippen LogP contribution in [0.5, 0.6) is 0 Å². The second kappa shape index (κ2) is 5.84. The fourth-order valence-electron chi connectivity index (χ4n) is 1.81. The van der Waals surface area contributed by atoms with E-state index in [4.69, 9.17) is 0 Å². The van der Waals surface area contributed by atoms with Crippen molar-refractivity contribution in [2.45, 2.75) is 13.3 Å². The number of nitrogens with one attached hydrogen (secondary N) is 1. The van der Waals surface area contributed by atoms with Crippen molar-refractivity contribution >= 4 is 40.3 Å². The molecule has 0 aliphatic carbocycles. The first-order chi connectivity index (χ1) is 9.09. The lowest BCUT2D eigenvalue weighted by Crippen LogP contribution is -2.12. The number of carbonyl (C=O) groups excluding carboxylic acids is 3. The van der Waals surface area contributed by atoms with Gasteiger partial charge in [0.1, 0.15) is 0 Å². The summed E-state index contributed by atoms with van der Waals surface area (Å²) in [6.45, 7) is 1.54. The number of Topliss-reactive ketones (excluding diaryl/α,β-unsaturated/α-hetero) is 1. The Morgan fingerprint density at radius 1 is 1.37 bits per heavy atom.